The van der Waals surface area contributed by atoms with Crippen molar-refractivity contribution in [3.05, 3.63) is 118 Å². The third-order valence-electron chi connectivity index (χ3n) is 8.45. The summed E-state index contributed by atoms with van der Waals surface area (Å²) in [5.41, 5.74) is -7.54. The van der Waals surface area contributed by atoms with Crippen LogP contribution in [0.4, 0.5) is 39.5 Å². The fourth-order valence-electron chi connectivity index (χ4n) is 6.58. The van der Waals surface area contributed by atoms with Gasteiger partial charge in [0, 0.05) is 21.5 Å². The van der Waals surface area contributed by atoms with Crippen LogP contribution in [0.2, 0.25) is 0 Å². The Labute approximate surface area is 274 Å². The third-order valence-corrected chi connectivity index (χ3v) is 8.45. The number of fused-ring (bicyclic) bond motifs is 7. The Balaban J connectivity index is 1.73. The second-order valence-electron chi connectivity index (χ2n) is 11.2. The summed E-state index contributed by atoms with van der Waals surface area (Å²) >= 11 is 0. The maximum absolute atomic E-state index is 14.6. The Morgan fingerprint density at radius 1 is 0.460 bits per heavy atom. The predicted octanol–water partition coefficient (Wildman–Crippen LogP) is 10.6. The maximum atomic E-state index is 14.6. The number of hydrogen-bond acceptors (Lipinski definition) is 3. The summed E-state index contributed by atoms with van der Waals surface area (Å²) in [6, 6.07) is 22.6. The van der Waals surface area contributed by atoms with E-state index in [9.17, 15) is 55.3 Å². The van der Waals surface area contributed by atoms with Gasteiger partial charge in [-0.25, -0.2) is 0 Å². The molecule has 7 rings (SSSR count). The molecule has 5 aromatic carbocycles. The van der Waals surface area contributed by atoms with Gasteiger partial charge in [0.05, 0.1) is 72.9 Å². The minimum Gasteiger partial charge on any atom is -0.308 e. The first-order chi connectivity index (χ1) is 23.6. The highest BCUT2D eigenvalue weighted by Crippen LogP contribution is 2.49. The van der Waals surface area contributed by atoms with Crippen LogP contribution in [0, 0.1) is 34.0 Å². The van der Waals surface area contributed by atoms with Gasteiger partial charge >= 0.3 is 18.5 Å². The van der Waals surface area contributed by atoms with E-state index >= 15 is 0 Å². The largest absolute Gasteiger partial charge is 0.418 e. The zero-order valence-electron chi connectivity index (χ0n) is 24.7. The molecule has 0 aliphatic carbocycles. The molecule has 0 saturated carbocycles. The van der Waals surface area contributed by atoms with Crippen LogP contribution in [0.25, 0.3) is 55.0 Å². The van der Waals surface area contributed by atoms with Gasteiger partial charge in [-0.2, -0.15) is 55.3 Å². The van der Waals surface area contributed by atoms with Gasteiger partial charge in [-0.15, -0.1) is 0 Å². The first-order valence-corrected chi connectivity index (χ1v) is 14.3. The van der Waals surface area contributed by atoms with Crippen molar-refractivity contribution in [2.75, 3.05) is 0 Å². The molecule has 50 heavy (non-hydrogen) atoms. The smallest absolute Gasteiger partial charge is 0.308 e. The highest BCUT2D eigenvalue weighted by molar-refractivity contribution is 6.29. The summed E-state index contributed by atoms with van der Waals surface area (Å²) < 4.78 is 131. The van der Waals surface area contributed by atoms with Crippen molar-refractivity contribution >= 4 is 43.6 Å². The second kappa shape index (κ2) is 10.8. The lowest BCUT2D eigenvalue weighted by Crippen LogP contribution is -2.20. The SMILES string of the molecule is N#Cc1cc(C#N)c(-n2c3ccccc3c3c4c5ccccc5n(-c5c(C(F)(F)F)cc(C(F)(F)F)cc5C(F)(F)F)c4ccc32)c(C#N)c1. The van der Waals surface area contributed by atoms with Gasteiger partial charge < -0.3 is 9.13 Å². The van der Waals surface area contributed by atoms with E-state index in [1.165, 1.54) is 48.5 Å². The topological polar surface area (TPSA) is 81.2 Å². The van der Waals surface area contributed by atoms with Gasteiger partial charge in [0.1, 0.15) is 12.1 Å². The zero-order chi connectivity index (χ0) is 35.9. The molecule has 0 N–H and O–H groups in total. The fourth-order valence-corrected chi connectivity index (χ4v) is 6.58. The molecular weight excluding hydrogens is 673 g/mol. The van der Waals surface area contributed by atoms with Crippen molar-refractivity contribution in [3.63, 3.8) is 0 Å². The molecule has 0 aliphatic heterocycles. The highest BCUT2D eigenvalue weighted by atomic mass is 19.4. The normalized spacial score (nSPS) is 12.4. The lowest BCUT2D eigenvalue weighted by Gasteiger charge is -2.23. The molecule has 0 bridgehead atoms. The minimum atomic E-state index is -5.65. The summed E-state index contributed by atoms with van der Waals surface area (Å²) in [5.74, 6) is 0. The number of halogens is 9. The fraction of sp³-hybridized carbons (Fsp3) is 0.0833. The van der Waals surface area contributed by atoms with Crippen molar-refractivity contribution in [2.24, 2.45) is 0 Å². The molecule has 0 aliphatic rings. The van der Waals surface area contributed by atoms with E-state index in [-0.39, 0.29) is 56.3 Å². The van der Waals surface area contributed by atoms with Crippen LogP contribution < -0.4 is 0 Å². The van der Waals surface area contributed by atoms with E-state index < -0.39 is 40.9 Å². The van der Waals surface area contributed by atoms with E-state index in [1.54, 1.807) is 28.8 Å². The van der Waals surface area contributed by atoms with Gasteiger partial charge in [-0.05, 0) is 48.5 Å². The van der Waals surface area contributed by atoms with Crippen molar-refractivity contribution in [3.8, 4) is 29.6 Å². The molecule has 0 unspecified atom stereocenters. The van der Waals surface area contributed by atoms with E-state index in [0.717, 1.165) is 0 Å². The van der Waals surface area contributed by atoms with Gasteiger partial charge in [0.15, 0.2) is 0 Å². The Hall–Kier alpha value is -6.46. The van der Waals surface area contributed by atoms with Gasteiger partial charge in [-0.3, -0.25) is 0 Å². The Bertz CT molecular complexity index is 2640. The number of benzene rings is 5. The number of alkyl halides is 9. The molecule has 2 aromatic heterocycles. The van der Waals surface area contributed by atoms with Gasteiger partial charge in [0.25, 0.3) is 0 Å². The van der Waals surface area contributed by atoms with Crippen molar-refractivity contribution in [1.29, 1.82) is 15.8 Å². The molecule has 0 radical (unpaired) electrons. The summed E-state index contributed by atoms with van der Waals surface area (Å²) in [4.78, 5) is 0. The first-order valence-electron chi connectivity index (χ1n) is 14.3. The quantitative estimate of drug-likeness (QED) is 0.170. The predicted molar refractivity (Wildman–Crippen MR) is 164 cm³/mol. The minimum absolute atomic E-state index is 0.0329. The van der Waals surface area contributed by atoms with E-state index in [0.29, 0.717) is 26.4 Å². The summed E-state index contributed by atoms with van der Waals surface area (Å²) in [5, 5.41) is 30.7. The number of rotatable bonds is 2. The van der Waals surface area contributed by atoms with Crippen molar-refractivity contribution in [1.82, 2.24) is 9.13 Å². The molecule has 0 amide bonds. The second-order valence-corrected chi connectivity index (χ2v) is 11.2. The monoisotopic (exact) mass is 687 g/mol. The van der Waals surface area contributed by atoms with E-state index in [2.05, 4.69) is 0 Å². The Kier molecular flexibility index (Phi) is 6.92. The average molecular weight is 688 g/mol. The summed E-state index contributed by atoms with van der Waals surface area (Å²) in [7, 11) is 0. The molecular formula is C36H14F9N5. The van der Waals surface area contributed by atoms with Gasteiger partial charge in [-0.1, -0.05) is 36.4 Å². The molecule has 14 heteroatoms. The number of nitrogens with zero attached hydrogens (tertiary/aromatic N) is 5. The van der Waals surface area contributed by atoms with Crippen LogP contribution in [0.3, 0.4) is 0 Å². The highest BCUT2D eigenvalue weighted by Gasteiger charge is 2.46. The molecule has 0 saturated heterocycles. The first kappa shape index (κ1) is 32.1. The van der Waals surface area contributed by atoms with Crippen LogP contribution in [0.5, 0.6) is 0 Å². The third kappa shape index (κ3) is 4.70. The Morgan fingerprint density at radius 2 is 0.880 bits per heavy atom. The van der Waals surface area contributed by atoms with Crippen molar-refractivity contribution in [2.45, 2.75) is 18.5 Å². The van der Waals surface area contributed by atoms with Crippen LogP contribution in [0.15, 0.2) is 84.9 Å². The molecule has 5 nitrogen and oxygen atoms in total. The van der Waals surface area contributed by atoms with E-state index in [1.807, 2.05) is 18.2 Å². The van der Waals surface area contributed by atoms with Crippen LogP contribution in [0.1, 0.15) is 33.4 Å². The zero-order valence-corrected chi connectivity index (χ0v) is 24.7. The van der Waals surface area contributed by atoms with E-state index in [4.69, 9.17) is 0 Å². The molecule has 7 aromatic rings. The van der Waals surface area contributed by atoms with Crippen LogP contribution in [-0.2, 0) is 18.5 Å². The molecule has 246 valence electrons. The lowest BCUT2D eigenvalue weighted by molar-refractivity contribution is -0.148. The molecule has 0 atom stereocenters. The molecule has 0 spiro atoms. The van der Waals surface area contributed by atoms with Crippen LogP contribution in [-0.4, -0.2) is 9.13 Å². The molecule has 0 fully saturated rings. The molecule has 2 heterocycles. The van der Waals surface area contributed by atoms with Crippen LogP contribution >= 0.6 is 0 Å². The number of nitriles is 3. The average Bonchev–Trinajstić information content (AvgIpc) is 3.58. The number of aromatic nitrogens is 2. The summed E-state index contributed by atoms with van der Waals surface area (Å²) in [6.45, 7) is 0. The number of hydrogen-bond donors (Lipinski definition) is 0. The lowest BCUT2D eigenvalue weighted by atomic mass is 10.00. The Morgan fingerprint density at radius 3 is 1.26 bits per heavy atom. The van der Waals surface area contributed by atoms with Gasteiger partial charge in [0.2, 0.25) is 0 Å². The maximum Gasteiger partial charge on any atom is 0.418 e. The number of para-hydroxylation sites is 2. The summed E-state index contributed by atoms with van der Waals surface area (Å²) in [6.07, 6.45) is -16.8. The standard InChI is InChI=1S/C36H14F9N5/c37-34(38,39)21-13-24(35(40,41)42)33(25(14-21)36(43,44)45)50-27-8-4-2-6-23(27)31-29(50)10-9-28-30(31)22-5-1-3-7-26(22)49(28)32-19(16-47)11-18(15-46)12-20(32)17-48/h1-14H. The van der Waals surface area contributed by atoms with Crippen molar-refractivity contribution < 1.29 is 39.5 Å².